The number of pyridine rings is 1. The van der Waals surface area contributed by atoms with Crippen LogP contribution < -0.4 is 4.74 Å². The lowest BCUT2D eigenvalue weighted by molar-refractivity contribution is 0.0555. The summed E-state index contributed by atoms with van der Waals surface area (Å²) in [5, 5.41) is 0. The average Bonchev–Trinajstić information content (AvgIpc) is 3.09. The van der Waals surface area contributed by atoms with Gasteiger partial charge in [0, 0.05) is 29.4 Å². The van der Waals surface area contributed by atoms with Crippen molar-refractivity contribution in [1.82, 2.24) is 19.4 Å². The van der Waals surface area contributed by atoms with Crippen LogP contribution in [0.3, 0.4) is 0 Å². The molecule has 0 unspecified atom stereocenters. The lowest BCUT2D eigenvalue weighted by Gasteiger charge is -2.37. The average molecular weight is 421 g/mol. The summed E-state index contributed by atoms with van der Waals surface area (Å²) in [7, 11) is 1.66. The molecule has 1 amide bonds. The summed E-state index contributed by atoms with van der Waals surface area (Å²) in [5.41, 5.74) is 3.42. The van der Waals surface area contributed by atoms with Crippen molar-refractivity contribution >= 4 is 17.1 Å². The van der Waals surface area contributed by atoms with E-state index in [9.17, 15) is 4.79 Å². The first kappa shape index (κ1) is 21.3. The van der Waals surface area contributed by atoms with Crippen molar-refractivity contribution < 1.29 is 9.53 Å². The first-order chi connectivity index (χ1) is 15.0. The van der Waals surface area contributed by atoms with Gasteiger partial charge in [-0.3, -0.25) is 4.79 Å². The Kier molecular flexibility index (Phi) is 6.25. The molecule has 0 saturated heterocycles. The van der Waals surface area contributed by atoms with E-state index >= 15 is 0 Å². The van der Waals surface area contributed by atoms with Crippen LogP contribution in [-0.4, -0.2) is 44.5 Å². The smallest absolute Gasteiger partial charge is 0.254 e. The van der Waals surface area contributed by atoms with E-state index in [4.69, 9.17) is 4.74 Å². The lowest BCUT2D eigenvalue weighted by Crippen LogP contribution is -2.45. The number of benzene rings is 1. The van der Waals surface area contributed by atoms with Crippen molar-refractivity contribution in [2.75, 3.05) is 7.11 Å². The zero-order valence-corrected chi connectivity index (χ0v) is 19.0. The summed E-state index contributed by atoms with van der Waals surface area (Å²) < 4.78 is 7.78. The Hall–Kier alpha value is -2.89. The Morgan fingerprint density at radius 1 is 1.23 bits per heavy atom. The number of hydrogen-bond acceptors (Lipinski definition) is 4. The lowest BCUT2D eigenvalue weighted by atomic mass is 9.92. The number of amides is 1. The van der Waals surface area contributed by atoms with Gasteiger partial charge in [-0.2, -0.15) is 0 Å². The fourth-order valence-corrected chi connectivity index (χ4v) is 4.77. The van der Waals surface area contributed by atoms with Crippen LogP contribution in [0.4, 0.5) is 0 Å². The Bertz CT molecular complexity index is 1070. The molecule has 0 bridgehead atoms. The minimum Gasteiger partial charge on any atom is -0.496 e. The predicted octanol–water partition coefficient (Wildman–Crippen LogP) is 4.98. The molecule has 0 N–H and O–H groups in total. The van der Waals surface area contributed by atoms with Gasteiger partial charge < -0.3 is 14.2 Å². The SMILES string of the molecule is COc1cc(C(=O)N(C(C)C)C2CCCCC2)ccc1Cn1c(C)nc2cccnc21. The van der Waals surface area contributed by atoms with Crippen LogP contribution in [0.25, 0.3) is 11.2 Å². The number of aryl methyl sites for hydroxylation is 1. The molecule has 1 aliphatic rings. The molecule has 2 heterocycles. The highest BCUT2D eigenvalue weighted by Crippen LogP contribution is 2.28. The van der Waals surface area contributed by atoms with Crippen molar-refractivity contribution in [2.45, 2.75) is 71.5 Å². The number of hydrogen-bond donors (Lipinski definition) is 0. The van der Waals surface area contributed by atoms with Crippen molar-refractivity contribution in [3.63, 3.8) is 0 Å². The number of carbonyl (C=O) groups is 1. The van der Waals surface area contributed by atoms with Gasteiger partial charge in [-0.15, -0.1) is 0 Å². The van der Waals surface area contributed by atoms with Crippen LogP contribution in [0.1, 0.15) is 67.7 Å². The fraction of sp³-hybridized carbons (Fsp3) is 0.480. The molecule has 1 aromatic carbocycles. The van der Waals surface area contributed by atoms with Crippen LogP contribution in [0.15, 0.2) is 36.5 Å². The highest BCUT2D eigenvalue weighted by atomic mass is 16.5. The molecule has 0 radical (unpaired) electrons. The molecule has 6 nitrogen and oxygen atoms in total. The summed E-state index contributed by atoms with van der Waals surface area (Å²) in [5.74, 6) is 1.72. The second-order valence-corrected chi connectivity index (χ2v) is 8.72. The van der Waals surface area contributed by atoms with E-state index < -0.39 is 0 Å². The molecule has 2 aromatic heterocycles. The van der Waals surface area contributed by atoms with Gasteiger partial charge >= 0.3 is 0 Å². The fourth-order valence-electron chi connectivity index (χ4n) is 4.77. The van der Waals surface area contributed by atoms with Gasteiger partial charge in [0.1, 0.15) is 17.1 Å². The quantitative estimate of drug-likeness (QED) is 0.564. The number of rotatable bonds is 6. The number of ether oxygens (including phenoxy) is 1. The van der Waals surface area contributed by atoms with Gasteiger partial charge in [0.25, 0.3) is 5.91 Å². The Balaban J connectivity index is 1.63. The summed E-state index contributed by atoms with van der Waals surface area (Å²) >= 11 is 0. The van der Waals surface area contributed by atoms with E-state index in [0.717, 1.165) is 41.1 Å². The van der Waals surface area contributed by atoms with Gasteiger partial charge in [-0.05, 0) is 57.9 Å². The van der Waals surface area contributed by atoms with E-state index in [0.29, 0.717) is 18.2 Å². The van der Waals surface area contributed by atoms with E-state index in [-0.39, 0.29) is 11.9 Å². The third kappa shape index (κ3) is 4.29. The summed E-state index contributed by atoms with van der Waals surface area (Å²) in [6, 6.07) is 10.2. The monoisotopic (exact) mass is 420 g/mol. The normalized spacial score (nSPS) is 14.9. The van der Waals surface area contributed by atoms with E-state index in [2.05, 4.69) is 33.3 Å². The molecule has 4 rings (SSSR count). The molecule has 0 atom stereocenters. The molecule has 1 fully saturated rings. The second-order valence-electron chi connectivity index (χ2n) is 8.72. The number of carbonyl (C=O) groups excluding carboxylic acids is 1. The minimum atomic E-state index is 0.0951. The summed E-state index contributed by atoms with van der Waals surface area (Å²) in [6.07, 6.45) is 7.66. The topological polar surface area (TPSA) is 60.2 Å². The molecular formula is C25H32N4O2. The third-order valence-electron chi connectivity index (χ3n) is 6.32. The molecule has 31 heavy (non-hydrogen) atoms. The first-order valence-corrected chi connectivity index (χ1v) is 11.3. The molecule has 164 valence electrons. The molecule has 6 heteroatoms. The van der Waals surface area contributed by atoms with Crippen molar-refractivity contribution in [3.8, 4) is 5.75 Å². The molecule has 1 aliphatic carbocycles. The standard InChI is InChI=1S/C25H32N4O2/c1-17(2)29(21-9-6-5-7-10-21)25(30)19-12-13-20(23(15-19)31-4)16-28-18(3)27-22-11-8-14-26-24(22)28/h8,11-15,17,21H,5-7,9-10,16H2,1-4H3. The molecule has 1 saturated carbocycles. The van der Waals surface area contributed by atoms with Crippen LogP contribution in [0.5, 0.6) is 5.75 Å². The first-order valence-electron chi connectivity index (χ1n) is 11.3. The van der Waals surface area contributed by atoms with Crippen LogP contribution in [0.2, 0.25) is 0 Å². The van der Waals surface area contributed by atoms with E-state index in [1.807, 2.05) is 37.3 Å². The maximum Gasteiger partial charge on any atom is 0.254 e. The number of methoxy groups -OCH3 is 1. The van der Waals surface area contributed by atoms with Crippen molar-refractivity contribution in [1.29, 1.82) is 0 Å². The zero-order valence-electron chi connectivity index (χ0n) is 19.0. The molecule has 0 aliphatic heterocycles. The number of imidazole rings is 1. The number of fused-ring (bicyclic) bond motifs is 1. The molecule has 3 aromatic rings. The van der Waals surface area contributed by atoms with Crippen LogP contribution >= 0.6 is 0 Å². The van der Waals surface area contributed by atoms with Crippen molar-refractivity contribution in [2.24, 2.45) is 0 Å². The van der Waals surface area contributed by atoms with E-state index in [1.165, 1.54) is 19.3 Å². The third-order valence-corrected chi connectivity index (χ3v) is 6.32. The maximum absolute atomic E-state index is 13.5. The Labute approximate surface area is 184 Å². The van der Waals surface area contributed by atoms with Gasteiger partial charge in [-0.25, -0.2) is 9.97 Å². The highest BCUT2D eigenvalue weighted by molar-refractivity contribution is 5.95. The number of aromatic nitrogens is 3. The number of nitrogens with zero attached hydrogens (tertiary/aromatic N) is 4. The Morgan fingerprint density at radius 3 is 2.71 bits per heavy atom. The molecule has 0 spiro atoms. The van der Waals surface area contributed by atoms with Gasteiger partial charge in [0.2, 0.25) is 0 Å². The van der Waals surface area contributed by atoms with E-state index in [1.54, 1.807) is 13.3 Å². The summed E-state index contributed by atoms with van der Waals surface area (Å²) in [4.78, 5) is 24.6. The van der Waals surface area contributed by atoms with Gasteiger partial charge in [-0.1, -0.05) is 25.3 Å². The Morgan fingerprint density at radius 2 is 2.00 bits per heavy atom. The zero-order chi connectivity index (χ0) is 22.0. The highest BCUT2D eigenvalue weighted by Gasteiger charge is 2.28. The van der Waals surface area contributed by atoms with Crippen LogP contribution in [0, 0.1) is 6.92 Å². The van der Waals surface area contributed by atoms with Crippen LogP contribution in [-0.2, 0) is 6.54 Å². The second kappa shape index (κ2) is 9.08. The summed E-state index contributed by atoms with van der Waals surface area (Å²) in [6.45, 7) is 6.79. The maximum atomic E-state index is 13.5. The predicted molar refractivity (Wildman–Crippen MR) is 123 cm³/mol. The van der Waals surface area contributed by atoms with Gasteiger partial charge in [0.15, 0.2) is 5.65 Å². The van der Waals surface area contributed by atoms with Gasteiger partial charge in [0.05, 0.1) is 13.7 Å². The van der Waals surface area contributed by atoms with Crippen molar-refractivity contribution in [3.05, 3.63) is 53.5 Å². The molecular weight excluding hydrogens is 388 g/mol. The minimum absolute atomic E-state index is 0.0951. The largest absolute Gasteiger partial charge is 0.496 e.